The van der Waals surface area contributed by atoms with Crippen molar-refractivity contribution >= 4 is 35.1 Å². The van der Waals surface area contributed by atoms with Gasteiger partial charge in [-0.05, 0) is 18.2 Å². The summed E-state index contributed by atoms with van der Waals surface area (Å²) in [5.41, 5.74) is 0.198. The molecule has 0 aliphatic rings. The van der Waals surface area contributed by atoms with E-state index in [0.717, 1.165) is 0 Å². The fourth-order valence-corrected chi connectivity index (χ4v) is 1.65. The van der Waals surface area contributed by atoms with E-state index in [1.54, 1.807) is 0 Å². The zero-order chi connectivity index (χ0) is 13.5. The number of rotatable bonds is 5. The van der Waals surface area contributed by atoms with Crippen LogP contribution in [0.5, 0.6) is 0 Å². The summed E-state index contributed by atoms with van der Waals surface area (Å²) in [6, 6.07) is 4.32. The van der Waals surface area contributed by atoms with Gasteiger partial charge in [0, 0.05) is 16.6 Å². The highest BCUT2D eigenvalue weighted by Crippen LogP contribution is 2.19. The summed E-state index contributed by atoms with van der Waals surface area (Å²) in [5, 5.41) is 3.12. The lowest BCUT2D eigenvalue weighted by molar-refractivity contribution is -0.124. The third-order valence-electron chi connectivity index (χ3n) is 1.88. The van der Waals surface area contributed by atoms with Crippen molar-refractivity contribution in [2.45, 2.75) is 0 Å². The number of benzene rings is 1. The number of amides is 1. The number of halogens is 2. The first-order valence-electron chi connectivity index (χ1n) is 5.03. The van der Waals surface area contributed by atoms with Crippen LogP contribution in [0.4, 0.5) is 0 Å². The minimum absolute atomic E-state index is 0.198. The highest BCUT2D eigenvalue weighted by Gasteiger charge is 2.11. The van der Waals surface area contributed by atoms with Gasteiger partial charge in [-0.15, -0.1) is 6.58 Å². The highest BCUT2D eigenvalue weighted by atomic mass is 35.5. The molecule has 1 rings (SSSR count). The monoisotopic (exact) mass is 287 g/mol. The van der Waals surface area contributed by atoms with Crippen LogP contribution in [0.2, 0.25) is 10.0 Å². The second-order valence-electron chi connectivity index (χ2n) is 3.33. The summed E-state index contributed by atoms with van der Waals surface area (Å²) in [4.78, 5) is 22.8. The summed E-state index contributed by atoms with van der Waals surface area (Å²) in [6.45, 7) is 3.40. The van der Waals surface area contributed by atoms with Crippen LogP contribution in [0.1, 0.15) is 10.4 Å². The van der Waals surface area contributed by atoms with Crippen molar-refractivity contribution in [2.24, 2.45) is 0 Å². The van der Waals surface area contributed by atoms with Gasteiger partial charge in [0.05, 0.1) is 5.56 Å². The quantitative estimate of drug-likeness (QED) is 0.669. The Morgan fingerprint density at radius 3 is 2.44 bits per heavy atom. The molecule has 0 fully saturated rings. The molecule has 1 aromatic rings. The Balaban J connectivity index is 2.55. The minimum atomic E-state index is -0.659. The summed E-state index contributed by atoms with van der Waals surface area (Å²) >= 11 is 11.5. The van der Waals surface area contributed by atoms with Gasteiger partial charge in [-0.3, -0.25) is 4.79 Å². The number of carbonyl (C=O) groups is 2. The first-order chi connectivity index (χ1) is 8.52. The second-order valence-corrected chi connectivity index (χ2v) is 4.20. The topological polar surface area (TPSA) is 55.4 Å². The van der Waals surface area contributed by atoms with E-state index in [-0.39, 0.29) is 12.2 Å². The molecule has 0 bridgehead atoms. The summed E-state index contributed by atoms with van der Waals surface area (Å²) in [7, 11) is 0. The molecule has 0 aliphatic heterocycles. The van der Waals surface area contributed by atoms with Gasteiger partial charge in [0.15, 0.2) is 6.61 Å². The Labute approximate surface area is 115 Å². The van der Waals surface area contributed by atoms with Crippen molar-refractivity contribution in [1.82, 2.24) is 5.32 Å². The SMILES string of the molecule is C=CCNC(=O)COC(=O)c1cc(Cl)cc(Cl)c1. The van der Waals surface area contributed by atoms with Crippen LogP contribution in [0, 0.1) is 0 Å². The number of nitrogens with one attached hydrogen (secondary N) is 1. The average molecular weight is 288 g/mol. The molecule has 4 nitrogen and oxygen atoms in total. The lowest BCUT2D eigenvalue weighted by atomic mass is 10.2. The first-order valence-corrected chi connectivity index (χ1v) is 5.79. The molecule has 0 heterocycles. The lowest BCUT2D eigenvalue weighted by Crippen LogP contribution is -2.28. The van der Waals surface area contributed by atoms with E-state index < -0.39 is 11.9 Å². The first kappa shape index (κ1) is 14.5. The third kappa shape index (κ3) is 4.77. The van der Waals surface area contributed by atoms with Crippen LogP contribution in [-0.2, 0) is 9.53 Å². The van der Waals surface area contributed by atoms with E-state index in [1.807, 2.05) is 0 Å². The van der Waals surface area contributed by atoms with Gasteiger partial charge in [-0.1, -0.05) is 29.3 Å². The Hall–Kier alpha value is -1.52. The van der Waals surface area contributed by atoms with E-state index in [1.165, 1.54) is 24.3 Å². The molecule has 1 amide bonds. The van der Waals surface area contributed by atoms with Crippen molar-refractivity contribution < 1.29 is 14.3 Å². The fraction of sp³-hybridized carbons (Fsp3) is 0.167. The van der Waals surface area contributed by atoms with Gasteiger partial charge in [-0.2, -0.15) is 0 Å². The summed E-state index contributed by atoms with van der Waals surface area (Å²) in [5.74, 6) is -1.07. The van der Waals surface area contributed by atoms with Gasteiger partial charge in [0.25, 0.3) is 5.91 Å². The lowest BCUT2D eigenvalue weighted by Gasteiger charge is -2.05. The maximum absolute atomic E-state index is 11.6. The van der Waals surface area contributed by atoms with Gasteiger partial charge >= 0.3 is 5.97 Å². The molecule has 0 radical (unpaired) electrons. The van der Waals surface area contributed by atoms with E-state index in [4.69, 9.17) is 27.9 Å². The maximum atomic E-state index is 11.6. The molecular weight excluding hydrogens is 277 g/mol. The molecule has 18 heavy (non-hydrogen) atoms. The standard InChI is InChI=1S/C12H11Cl2NO3/c1-2-3-15-11(16)7-18-12(17)8-4-9(13)6-10(14)5-8/h2,4-6H,1,3,7H2,(H,15,16). The largest absolute Gasteiger partial charge is 0.452 e. The Bertz CT molecular complexity index is 454. The number of ether oxygens (including phenoxy) is 1. The molecule has 96 valence electrons. The van der Waals surface area contributed by atoms with Crippen LogP contribution in [0.3, 0.4) is 0 Å². The summed E-state index contributed by atoms with van der Waals surface area (Å²) < 4.78 is 4.79. The van der Waals surface area contributed by atoms with Gasteiger partial charge < -0.3 is 10.1 Å². The number of carbonyl (C=O) groups excluding carboxylic acids is 2. The maximum Gasteiger partial charge on any atom is 0.338 e. The van der Waals surface area contributed by atoms with Crippen LogP contribution >= 0.6 is 23.2 Å². The van der Waals surface area contributed by atoms with Crippen LogP contribution in [-0.4, -0.2) is 25.0 Å². The molecule has 0 spiro atoms. The molecular formula is C12H11Cl2NO3. The van der Waals surface area contributed by atoms with Crippen molar-refractivity contribution in [2.75, 3.05) is 13.2 Å². The van der Waals surface area contributed by atoms with Crippen LogP contribution in [0.15, 0.2) is 30.9 Å². The zero-order valence-electron chi connectivity index (χ0n) is 9.41. The molecule has 0 saturated carbocycles. The van der Waals surface area contributed by atoms with Crippen molar-refractivity contribution in [3.63, 3.8) is 0 Å². The third-order valence-corrected chi connectivity index (χ3v) is 2.31. The van der Waals surface area contributed by atoms with Crippen molar-refractivity contribution in [1.29, 1.82) is 0 Å². The van der Waals surface area contributed by atoms with Crippen LogP contribution in [0.25, 0.3) is 0 Å². The normalized spacial score (nSPS) is 9.67. The fourth-order valence-electron chi connectivity index (χ4n) is 1.12. The highest BCUT2D eigenvalue weighted by molar-refractivity contribution is 6.35. The van der Waals surface area contributed by atoms with E-state index >= 15 is 0 Å². The van der Waals surface area contributed by atoms with E-state index in [9.17, 15) is 9.59 Å². The van der Waals surface area contributed by atoms with Crippen molar-refractivity contribution in [3.8, 4) is 0 Å². The smallest absolute Gasteiger partial charge is 0.338 e. The number of hydrogen-bond donors (Lipinski definition) is 1. The van der Waals surface area contributed by atoms with E-state index in [0.29, 0.717) is 16.6 Å². The number of esters is 1. The van der Waals surface area contributed by atoms with Gasteiger partial charge in [0.2, 0.25) is 0 Å². The molecule has 1 N–H and O–H groups in total. The molecule has 0 unspecified atom stereocenters. The molecule has 6 heteroatoms. The second kappa shape index (κ2) is 7.03. The summed E-state index contributed by atoms with van der Waals surface area (Å²) in [6.07, 6.45) is 1.52. The predicted octanol–water partition coefficient (Wildman–Crippen LogP) is 2.45. The molecule has 0 saturated heterocycles. The molecule has 0 atom stereocenters. The Kier molecular flexibility index (Phi) is 5.68. The average Bonchev–Trinajstić information content (AvgIpc) is 2.32. The minimum Gasteiger partial charge on any atom is -0.452 e. The number of hydrogen-bond acceptors (Lipinski definition) is 3. The van der Waals surface area contributed by atoms with Crippen molar-refractivity contribution in [3.05, 3.63) is 46.5 Å². The Morgan fingerprint density at radius 1 is 1.28 bits per heavy atom. The predicted molar refractivity (Wildman–Crippen MR) is 70.0 cm³/mol. The van der Waals surface area contributed by atoms with Crippen LogP contribution < -0.4 is 5.32 Å². The van der Waals surface area contributed by atoms with Gasteiger partial charge in [-0.25, -0.2) is 4.79 Å². The van der Waals surface area contributed by atoms with E-state index in [2.05, 4.69) is 11.9 Å². The Morgan fingerprint density at radius 2 is 1.89 bits per heavy atom. The molecule has 1 aromatic carbocycles. The zero-order valence-corrected chi connectivity index (χ0v) is 10.9. The molecule has 0 aromatic heterocycles. The van der Waals surface area contributed by atoms with Gasteiger partial charge in [0.1, 0.15) is 0 Å². The molecule has 0 aliphatic carbocycles.